The maximum Gasteiger partial charge on any atom is 0.257 e. The van der Waals surface area contributed by atoms with Gasteiger partial charge in [-0.1, -0.05) is 41.9 Å². The van der Waals surface area contributed by atoms with E-state index in [1.54, 1.807) is 29.3 Å². The molecule has 2 aromatic carbocycles. The lowest BCUT2D eigenvalue weighted by molar-refractivity contribution is 0.0732. The number of hydrogen-bond donors (Lipinski definition) is 1. The van der Waals surface area contributed by atoms with Gasteiger partial charge in [-0.2, -0.15) is 0 Å². The van der Waals surface area contributed by atoms with Crippen LogP contribution in [0.3, 0.4) is 0 Å². The molecular formula is C25H27ClN2O5. The highest BCUT2D eigenvalue weighted by atomic mass is 35.5. The van der Waals surface area contributed by atoms with Crippen molar-refractivity contribution in [1.29, 1.82) is 0 Å². The molecule has 0 aliphatic carbocycles. The summed E-state index contributed by atoms with van der Waals surface area (Å²) in [6.07, 6.45) is 1.99. The van der Waals surface area contributed by atoms with Gasteiger partial charge in [-0.15, -0.1) is 0 Å². The number of hydrogen-bond acceptors (Lipinski definition) is 6. The molecule has 33 heavy (non-hydrogen) atoms. The summed E-state index contributed by atoms with van der Waals surface area (Å²) in [7, 11) is 4.61. The van der Waals surface area contributed by atoms with E-state index in [9.17, 15) is 9.90 Å². The van der Waals surface area contributed by atoms with Crippen molar-refractivity contribution in [3.63, 3.8) is 0 Å². The third-order valence-electron chi connectivity index (χ3n) is 5.17. The molecule has 0 unspecified atom stereocenters. The van der Waals surface area contributed by atoms with Crippen molar-refractivity contribution in [2.45, 2.75) is 13.0 Å². The molecule has 0 saturated heterocycles. The number of benzene rings is 2. The first-order valence-corrected chi connectivity index (χ1v) is 10.8. The maximum atomic E-state index is 13.7. The van der Waals surface area contributed by atoms with E-state index < -0.39 is 0 Å². The first kappa shape index (κ1) is 24.4. The van der Waals surface area contributed by atoms with Gasteiger partial charge in [-0.25, -0.2) is 4.98 Å². The Hall–Kier alpha value is -3.29. The lowest BCUT2D eigenvalue weighted by Crippen LogP contribution is -2.32. The van der Waals surface area contributed by atoms with Crippen molar-refractivity contribution in [3.05, 3.63) is 71.0 Å². The monoisotopic (exact) mass is 470 g/mol. The second kappa shape index (κ2) is 11.5. The van der Waals surface area contributed by atoms with Crippen LogP contribution in [-0.4, -0.2) is 55.4 Å². The number of halogens is 1. The fourth-order valence-electron chi connectivity index (χ4n) is 3.62. The Morgan fingerprint density at radius 2 is 1.70 bits per heavy atom. The third-order valence-corrected chi connectivity index (χ3v) is 5.46. The van der Waals surface area contributed by atoms with Crippen molar-refractivity contribution in [1.82, 2.24) is 9.88 Å². The number of aliphatic hydroxyl groups is 1. The second-order valence-corrected chi connectivity index (χ2v) is 7.59. The molecule has 3 aromatic rings. The average Bonchev–Trinajstić information content (AvgIpc) is 2.85. The van der Waals surface area contributed by atoms with E-state index >= 15 is 0 Å². The predicted octanol–water partition coefficient (Wildman–Crippen LogP) is 4.45. The van der Waals surface area contributed by atoms with Crippen LogP contribution in [0.15, 0.2) is 54.7 Å². The molecule has 0 saturated carbocycles. The first-order valence-electron chi connectivity index (χ1n) is 10.4. The topological polar surface area (TPSA) is 81.1 Å². The number of pyridine rings is 1. The van der Waals surface area contributed by atoms with Crippen molar-refractivity contribution in [2.75, 3.05) is 34.5 Å². The predicted molar refractivity (Wildman–Crippen MR) is 127 cm³/mol. The molecule has 1 N–H and O–H groups in total. The number of carbonyl (C=O) groups is 1. The summed E-state index contributed by atoms with van der Waals surface area (Å²) in [6, 6.07) is 14.9. The summed E-state index contributed by atoms with van der Waals surface area (Å²) in [6.45, 7) is 0.520. The molecule has 8 heteroatoms. The molecule has 174 valence electrons. The van der Waals surface area contributed by atoms with Gasteiger partial charge in [0.1, 0.15) is 5.15 Å². The van der Waals surface area contributed by atoms with Crippen molar-refractivity contribution >= 4 is 17.5 Å². The zero-order valence-corrected chi connectivity index (χ0v) is 19.6. The van der Waals surface area contributed by atoms with Crippen LogP contribution >= 0.6 is 11.6 Å². The van der Waals surface area contributed by atoms with Crippen LogP contribution in [0.4, 0.5) is 0 Å². The van der Waals surface area contributed by atoms with Crippen LogP contribution in [0.1, 0.15) is 22.3 Å². The van der Waals surface area contributed by atoms with Crippen LogP contribution in [0.5, 0.6) is 17.2 Å². The van der Waals surface area contributed by atoms with E-state index in [1.807, 2.05) is 30.3 Å². The summed E-state index contributed by atoms with van der Waals surface area (Å²) >= 11 is 6.43. The molecule has 0 aliphatic heterocycles. The molecule has 1 heterocycles. The number of amides is 1. The van der Waals surface area contributed by atoms with Gasteiger partial charge < -0.3 is 24.2 Å². The van der Waals surface area contributed by atoms with Crippen molar-refractivity contribution < 1.29 is 24.1 Å². The van der Waals surface area contributed by atoms with Gasteiger partial charge in [-0.05, 0) is 41.3 Å². The van der Waals surface area contributed by atoms with Crippen LogP contribution in [0, 0.1) is 0 Å². The molecule has 1 aromatic heterocycles. The number of rotatable bonds is 10. The van der Waals surface area contributed by atoms with Gasteiger partial charge in [0, 0.05) is 25.9 Å². The fourth-order valence-corrected chi connectivity index (χ4v) is 3.86. The van der Waals surface area contributed by atoms with E-state index in [1.165, 1.54) is 21.3 Å². The Morgan fingerprint density at radius 3 is 2.27 bits per heavy atom. The number of aliphatic hydroxyl groups excluding tert-OH is 1. The highest BCUT2D eigenvalue weighted by Crippen LogP contribution is 2.39. The van der Waals surface area contributed by atoms with Crippen LogP contribution < -0.4 is 14.2 Å². The Labute approximate surface area is 198 Å². The second-order valence-electron chi connectivity index (χ2n) is 7.23. The fraction of sp³-hybridized carbons (Fsp3) is 0.280. The molecule has 0 aliphatic rings. The zero-order valence-electron chi connectivity index (χ0n) is 18.9. The average molecular weight is 471 g/mol. The third kappa shape index (κ3) is 5.56. The van der Waals surface area contributed by atoms with Gasteiger partial charge in [0.2, 0.25) is 5.75 Å². The number of carbonyl (C=O) groups excluding carboxylic acids is 1. The summed E-state index contributed by atoms with van der Waals surface area (Å²) in [4.78, 5) is 19.5. The Morgan fingerprint density at radius 1 is 1.03 bits per heavy atom. The number of methoxy groups -OCH3 is 3. The number of nitrogens with zero attached hydrogens (tertiary/aromatic N) is 2. The van der Waals surface area contributed by atoms with Gasteiger partial charge in [-0.3, -0.25) is 4.79 Å². The summed E-state index contributed by atoms with van der Waals surface area (Å²) in [5.41, 5.74) is 2.65. The Balaban J connectivity index is 2.03. The van der Waals surface area contributed by atoms with E-state index in [-0.39, 0.29) is 24.2 Å². The van der Waals surface area contributed by atoms with Crippen molar-refractivity contribution in [3.8, 4) is 28.4 Å². The van der Waals surface area contributed by atoms with E-state index in [0.717, 1.165) is 11.1 Å². The quantitative estimate of drug-likeness (QED) is 0.441. The zero-order chi connectivity index (χ0) is 23.8. The van der Waals surface area contributed by atoms with Crippen LogP contribution in [0.2, 0.25) is 5.15 Å². The highest BCUT2D eigenvalue weighted by Gasteiger charge is 2.24. The van der Waals surface area contributed by atoms with Crippen LogP contribution in [0.25, 0.3) is 11.1 Å². The standard InChI is InChI=1S/C25H27ClN2O5/c1-31-20-14-17(15-21(32-2)23(20)33-3)16-28(12-7-13-29)25(30)22-19(10-11-27-24(22)26)18-8-5-4-6-9-18/h4-6,8-11,14-15,29H,7,12-13,16H2,1-3H3. The van der Waals surface area contributed by atoms with Gasteiger partial charge in [0.25, 0.3) is 5.91 Å². The highest BCUT2D eigenvalue weighted by molar-refractivity contribution is 6.33. The smallest absolute Gasteiger partial charge is 0.257 e. The van der Waals surface area contributed by atoms with E-state index in [2.05, 4.69) is 4.98 Å². The molecule has 0 bridgehead atoms. The Kier molecular flexibility index (Phi) is 8.52. The number of aromatic nitrogens is 1. The van der Waals surface area contributed by atoms with Crippen LogP contribution in [-0.2, 0) is 6.54 Å². The normalized spacial score (nSPS) is 10.6. The minimum atomic E-state index is -0.283. The van der Waals surface area contributed by atoms with Gasteiger partial charge in [0.15, 0.2) is 11.5 Å². The SMILES string of the molecule is COc1cc(CN(CCCO)C(=O)c2c(-c3ccccc3)ccnc2Cl)cc(OC)c1OC. The molecule has 0 fully saturated rings. The largest absolute Gasteiger partial charge is 0.493 e. The first-order chi connectivity index (χ1) is 16.0. The lowest BCUT2D eigenvalue weighted by Gasteiger charge is -2.25. The van der Waals surface area contributed by atoms with Gasteiger partial charge in [0.05, 0.1) is 26.9 Å². The molecule has 3 rings (SSSR count). The molecule has 0 radical (unpaired) electrons. The summed E-state index contributed by atoms with van der Waals surface area (Å²) < 4.78 is 16.3. The van der Waals surface area contributed by atoms with E-state index in [4.69, 9.17) is 25.8 Å². The Bertz CT molecular complexity index is 1070. The molecule has 7 nitrogen and oxygen atoms in total. The minimum absolute atomic E-state index is 0.0502. The number of ether oxygens (including phenoxy) is 3. The molecule has 0 atom stereocenters. The summed E-state index contributed by atoms with van der Waals surface area (Å²) in [5.74, 6) is 1.17. The molecule has 1 amide bonds. The molecular weight excluding hydrogens is 444 g/mol. The minimum Gasteiger partial charge on any atom is -0.493 e. The maximum absolute atomic E-state index is 13.7. The van der Waals surface area contributed by atoms with E-state index in [0.29, 0.717) is 41.3 Å². The lowest BCUT2D eigenvalue weighted by atomic mass is 10.0. The van der Waals surface area contributed by atoms with Crippen molar-refractivity contribution in [2.24, 2.45) is 0 Å². The van der Waals surface area contributed by atoms with Gasteiger partial charge >= 0.3 is 0 Å². The summed E-state index contributed by atoms with van der Waals surface area (Å²) in [5, 5.41) is 9.55. The molecule has 0 spiro atoms.